The molecule has 7 heteroatoms. The Morgan fingerprint density at radius 3 is 2.72 bits per heavy atom. The predicted molar refractivity (Wildman–Crippen MR) is 92.0 cm³/mol. The number of hydrogen-bond acceptors (Lipinski definition) is 6. The molecule has 25 heavy (non-hydrogen) atoms. The lowest BCUT2D eigenvalue weighted by molar-refractivity contribution is -0.156. The van der Waals surface area contributed by atoms with E-state index in [0.29, 0.717) is 0 Å². The molecule has 2 aromatic rings. The van der Waals surface area contributed by atoms with E-state index in [4.69, 9.17) is 4.74 Å². The molecule has 0 N–H and O–H groups in total. The summed E-state index contributed by atoms with van der Waals surface area (Å²) in [4.78, 5) is 23.2. The van der Waals surface area contributed by atoms with Crippen molar-refractivity contribution in [2.24, 2.45) is 5.92 Å². The van der Waals surface area contributed by atoms with Crippen molar-refractivity contribution in [2.45, 2.75) is 44.2 Å². The van der Waals surface area contributed by atoms with E-state index in [1.807, 2.05) is 16.9 Å². The highest BCUT2D eigenvalue weighted by atomic mass is 16.5. The van der Waals surface area contributed by atoms with Gasteiger partial charge in [0.05, 0.1) is 18.2 Å². The number of nitrogens with zero attached hydrogens (tertiary/aromatic N) is 5. The Balaban J connectivity index is 1.32. The smallest absolute Gasteiger partial charge is 0.309 e. The summed E-state index contributed by atoms with van der Waals surface area (Å²) in [7, 11) is 0. The summed E-state index contributed by atoms with van der Waals surface area (Å²) < 4.78 is 7.81. The molecule has 2 aliphatic rings. The maximum atomic E-state index is 12.6. The molecular formula is C18H23N5O2. The Morgan fingerprint density at radius 2 is 2.00 bits per heavy atom. The van der Waals surface area contributed by atoms with Gasteiger partial charge in [-0.3, -0.25) is 14.5 Å². The molecule has 0 spiro atoms. The lowest BCUT2D eigenvalue weighted by atomic mass is 9.97. The lowest BCUT2D eigenvalue weighted by Gasteiger charge is -2.32. The molecule has 0 unspecified atom stereocenters. The van der Waals surface area contributed by atoms with Crippen molar-refractivity contribution >= 4 is 11.8 Å². The van der Waals surface area contributed by atoms with Gasteiger partial charge in [0.15, 0.2) is 0 Å². The van der Waals surface area contributed by atoms with Crippen LogP contribution in [0.15, 0.2) is 37.1 Å². The van der Waals surface area contributed by atoms with Crippen molar-refractivity contribution in [1.29, 1.82) is 0 Å². The summed E-state index contributed by atoms with van der Waals surface area (Å²) in [6, 6.07) is 2.10. The van der Waals surface area contributed by atoms with Crippen LogP contribution in [0, 0.1) is 5.92 Å². The monoisotopic (exact) mass is 341 g/mol. The Labute approximate surface area is 147 Å². The van der Waals surface area contributed by atoms with Crippen LogP contribution in [-0.2, 0) is 9.53 Å². The topological polar surface area (TPSA) is 73.1 Å². The molecule has 1 aliphatic carbocycles. The first kappa shape index (κ1) is 16.1. The number of aromatic nitrogens is 4. The van der Waals surface area contributed by atoms with Crippen LogP contribution in [0.3, 0.4) is 0 Å². The van der Waals surface area contributed by atoms with Gasteiger partial charge in [0.25, 0.3) is 0 Å². The lowest BCUT2D eigenvalue weighted by Crippen LogP contribution is -2.38. The fourth-order valence-electron chi connectivity index (χ4n) is 3.87. The van der Waals surface area contributed by atoms with E-state index in [9.17, 15) is 4.79 Å². The molecule has 2 atom stereocenters. The van der Waals surface area contributed by atoms with E-state index < -0.39 is 0 Å². The number of ether oxygens (including phenoxy) is 1. The van der Waals surface area contributed by atoms with Gasteiger partial charge < -0.3 is 9.64 Å². The first-order valence-corrected chi connectivity index (χ1v) is 9.02. The SMILES string of the molecule is O=C(O[C@@H]1CCC[C@H]1n1cccn1)C1CCN(c2cnccn2)CC1. The number of carbonyl (C=O) groups is 1. The zero-order chi connectivity index (χ0) is 17.1. The van der Waals surface area contributed by atoms with Crippen molar-refractivity contribution in [3.8, 4) is 0 Å². The Kier molecular flexibility index (Phi) is 4.63. The van der Waals surface area contributed by atoms with E-state index in [1.165, 1.54) is 0 Å². The normalized spacial score (nSPS) is 24.4. The molecule has 1 aliphatic heterocycles. The minimum absolute atomic E-state index is 0.0215. The maximum Gasteiger partial charge on any atom is 0.309 e. The fraction of sp³-hybridized carbons (Fsp3) is 0.556. The molecule has 0 aromatic carbocycles. The summed E-state index contributed by atoms with van der Waals surface area (Å²) in [5.74, 6) is 0.804. The van der Waals surface area contributed by atoms with Crippen LogP contribution in [0.2, 0.25) is 0 Å². The Morgan fingerprint density at radius 1 is 1.12 bits per heavy atom. The molecule has 7 nitrogen and oxygen atoms in total. The molecule has 3 heterocycles. The van der Waals surface area contributed by atoms with E-state index >= 15 is 0 Å². The third kappa shape index (κ3) is 3.50. The van der Waals surface area contributed by atoms with Gasteiger partial charge in [0, 0.05) is 37.9 Å². The van der Waals surface area contributed by atoms with Crippen LogP contribution in [0.5, 0.6) is 0 Å². The predicted octanol–water partition coefficient (Wildman–Crippen LogP) is 2.23. The molecule has 0 bridgehead atoms. The highest BCUT2D eigenvalue weighted by Gasteiger charge is 2.35. The minimum Gasteiger partial charge on any atom is -0.460 e. The Hall–Kier alpha value is -2.44. The molecule has 0 amide bonds. The fourth-order valence-corrected chi connectivity index (χ4v) is 3.87. The van der Waals surface area contributed by atoms with Crippen molar-refractivity contribution in [1.82, 2.24) is 19.7 Å². The highest BCUT2D eigenvalue weighted by molar-refractivity contribution is 5.73. The maximum absolute atomic E-state index is 12.6. The van der Waals surface area contributed by atoms with Crippen molar-refractivity contribution in [3.63, 3.8) is 0 Å². The average molecular weight is 341 g/mol. The molecule has 4 rings (SSSR count). The highest BCUT2D eigenvalue weighted by Crippen LogP contribution is 2.33. The number of carbonyl (C=O) groups excluding carboxylic acids is 1. The van der Waals surface area contributed by atoms with E-state index in [0.717, 1.165) is 51.0 Å². The van der Waals surface area contributed by atoms with Crippen molar-refractivity contribution < 1.29 is 9.53 Å². The van der Waals surface area contributed by atoms with E-state index in [2.05, 4.69) is 20.0 Å². The summed E-state index contributed by atoms with van der Waals surface area (Å²) >= 11 is 0. The zero-order valence-corrected chi connectivity index (χ0v) is 14.2. The summed E-state index contributed by atoms with van der Waals surface area (Å²) in [6.07, 6.45) is 13.4. The van der Waals surface area contributed by atoms with Gasteiger partial charge in [0.2, 0.25) is 0 Å². The number of anilines is 1. The Bertz CT molecular complexity index is 683. The molecule has 132 valence electrons. The van der Waals surface area contributed by atoms with Gasteiger partial charge in [-0.15, -0.1) is 0 Å². The molecule has 1 saturated carbocycles. The van der Waals surface area contributed by atoms with Crippen LogP contribution in [0.1, 0.15) is 38.1 Å². The summed E-state index contributed by atoms with van der Waals surface area (Å²) in [6.45, 7) is 1.62. The summed E-state index contributed by atoms with van der Waals surface area (Å²) in [5.41, 5.74) is 0. The van der Waals surface area contributed by atoms with Crippen LogP contribution < -0.4 is 4.90 Å². The molecule has 2 fully saturated rings. The largest absolute Gasteiger partial charge is 0.460 e. The van der Waals surface area contributed by atoms with Crippen LogP contribution >= 0.6 is 0 Å². The van der Waals surface area contributed by atoms with Crippen molar-refractivity contribution in [2.75, 3.05) is 18.0 Å². The number of esters is 1. The summed E-state index contributed by atoms with van der Waals surface area (Å²) in [5, 5.41) is 4.32. The van der Waals surface area contributed by atoms with Gasteiger partial charge in [-0.2, -0.15) is 5.10 Å². The molecule has 2 aromatic heterocycles. The van der Waals surface area contributed by atoms with Gasteiger partial charge >= 0.3 is 5.97 Å². The number of hydrogen-bond donors (Lipinski definition) is 0. The molecule has 1 saturated heterocycles. The van der Waals surface area contributed by atoms with Crippen molar-refractivity contribution in [3.05, 3.63) is 37.1 Å². The van der Waals surface area contributed by atoms with Gasteiger partial charge in [-0.1, -0.05) is 0 Å². The third-order valence-electron chi connectivity index (χ3n) is 5.25. The second kappa shape index (κ2) is 7.21. The third-order valence-corrected chi connectivity index (χ3v) is 5.25. The van der Waals surface area contributed by atoms with Gasteiger partial charge in [-0.05, 0) is 38.2 Å². The van der Waals surface area contributed by atoms with Crippen LogP contribution in [0.25, 0.3) is 0 Å². The van der Waals surface area contributed by atoms with E-state index in [-0.39, 0.29) is 24.0 Å². The van der Waals surface area contributed by atoms with Crippen LogP contribution in [-0.4, -0.2) is 44.9 Å². The first-order valence-electron chi connectivity index (χ1n) is 9.02. The molecular weight excluding hydrogens is 318 g/mol. The molecule has 0 radical (unpaired) electrons. The number of piperidine rings is 1. The standard InChI is InChI=1S/C18H23N5O2/c24-18(25-16-4-1-3-15(16)23-10-2-7-21-23)14-5-11-22(12-6-14)17-13-19-8-9-20-17/h2,7-10,13-16H,1,3-6,11-12H2/t15-,16-/m1/s1. The first-order chi connectivity index (χ1) is 12.3. The number of rotatable bonds is 4. The van der Waals surface area contributed by atoms with Crippen LogP contribution in [0.4, 0.5) is 5.82 Å². The van der Waals surface area contributed by atoms with E-state index in [1.54, 1.807) is 24.8 Å². The minimum atomic E-state index is -0.0529. The quantitative estimate of drug-likeness (QED) is 0.794. The second-order valence-corrected chi connectivity index (χ2v) is 6.78. The second-order valence-electron chi connectivity index (χ2n) is 6.78. The zero-order valence-electron chi connectivity index (χ0n) is 14.2. The van der Waals surface area contributed by atoms with Gasteiger partial charge in [0.1, 0.15) is 11.9 Å². The van der Waals surface area contributed by atoms with Gasteiger partial charge in [-0.25, -0.2) is 4.98 Å². The average Bonchev–Trinajstić information content (AvgIpc) is 3.34.